The summed E-state index contributed by atoms with van der Waals surface area (Å²) in [6.45, 7) is 4.13. The number of nitrogens with one attached hydrogen (secondary N) is 1. The molecule has 0 heterocycles. The van der Waals surface area contributed by atoms with E-state index >= 15 is 0 Å². The maximum atomic E-state index is 12.0. The van der Waals surface area contributed by atoms with Crippen LogP contribution in [0.3, 0.4) is 0 Å². The molecular formula is C19H23NO2. The first-order chi connectivity index (χ1) is 10.7. The fourth-order valence-corrected chi connectivity index (χ4v) is 2.06. The van der Waals surface area contributed by atoms with Crippen molar-refractivity contribution in [1.82, 2.24) is 0 Å². The molecule has 22 heavy (non-hydrogen) atoms. The molecule has 3 heteroatoms. The Bertz CT molecular complexity index is 578. The van der Waals surface area contributed by atoms with E-state index in [2.05, 4.69) is 12.2 Å². The third-order valence-corrected chi connectivity index (χ3v) is 3.53. The van der Waals surface area contributed by atoms with Crippen molar-refractivity contribution in [1.29, 1.82) is 0 Å². The van der Waals surface area contributed by atoms with Gasteiger partial charge in [0.25, 0.3) is 0 Å². The first-order valence-electron chi connectivity index (χ1n) is 7.78. The number of rotatable bonds is 7. The van der Waals surface area contributed by atoms with Gasteiger partial charge in [0.05, 0.1) is 6.10 Å². The van der Waals surface area contributed by atoms with Gasteiger partial charge in [-0.2, -0.15) is 0 Å². The molecule has 0 fully saturated rings. The van der Waals surface area contributed by atoms with Crippen LogP contribution in [-0.4, -0.2) is 12.0 Å². The predicted octanol–water partition coefficient (Wildman–Crippen LogP) is 4.44. The molecule has 3 nitrogen and oxygen atoms in total. The third-order valence-electron chi connectivity index (χ3n) is 3.53. The zero-order valence-electron chi connectivity index (χ0n) is 13.2. The number of aryl methyl sites for hydroxylation is 1. The molecule has 2 aromatic rings. The Morgan fingerprint density at radius 2 is 1.77 bits per heavy atom. The molecule has 116 valence electrons. The van der Waals surface area contributed by atoms with E-state index in [9.17, 15) is 4.79 Å². The molecule has 0 saturated carbocycles. The van der Waals surface area contributed by atoms with Gasteiger partial charge < -0.3 is 10.1 Å². The van der Waals surface area contributed by atoms with Gasteiger partial charge in [0, 0.05) is 12.1 Å². The van der Waals surface area contributed by atoms with Crippen molar-refractivity contribution in [3.8, 4) is 5.75 Å². The van der Waals surface area contributed by atoms with Gasteiger partial charge in [-0.15, -0.1) is 0 Å². The summed E-state index contributed by atoms with van der Waals surface area (Å²) < 4.78 is 5.72. The molecule has 1 unspecified atom stereocenters. The molecule has 2 aromatic carbocycles. The SMILES string of the molecule is CCC(C)Oc1ccc(NC(=O)CCc2ccccc2)cc1. The lowest BCUT2D eigenvalue weighted by Gasteiger charge is -2.13. The average molecular weight is 297 g/mol. The van der Waals surface area contributed by atoms with Crippen LogP contribution in [0.4, 0.5) is 5.69 Å². The molecular weight excluding hydrogens is 274 g/mol. The highest BCUT2D eigenvalue weighted by Gasteiger charge is 2.04. The second-order valence-corrected chi connectivity index (χ2v) is 5.39. The zero-order valence-corrected chi connectivity index (χ0v) is 13.2. The fourth-order valence-electron chi connectivity index (χ4n) is 2.06. The van der Waals surface area contributed by atoms with E-state index in [1.807, 2.05) is 61.5 Å². The van der Waals surface area contributed by atoms with Crippen molar-refractivity contribution in [2.24, 2.45) is 0 Å². The fraction of sp³-hybridized carbons (Fsp3) is 0.316. The topological polar surface area (TPSA) is 38.3 Å². The summed E-state index contributed by atoms with van der Waals surface area (Å²) in [4.78, 5) is 12.0. The van der Waals surface area contributed by atoms with Crippen molar-refractivity contribution in [2.75, 3.05) is 5.32 Å². The van der Waals surface area contributed by atoms with E-state index in [-0.39, 0.29) is 12.0 Å². The van der Waals surface area contributed by atoms with Crippen LogP contribution in [-0.2, 0) is 11.2 Å². The van der Waals surface area contributed by atoms with Crippen molar-refractivity contribution >= 4 is 11.6 Å². The van der Waals surface area contributed by atoms with Gasteiger partial charge in [0.1, 0.15) is 5.75 Å². The van der Waals surface area contributed by atoms with Crippen molar-refractivity contribution < 1.29 is 9.53 Å². The van der Waals surface area contributed by atoms with Crippen LogP contribution in [0, 0.1) is 0 Å². The van der Waals surface area contributed by atoms with Crippen LogP contribution in [0.2, 0.25) is 0 Å². The Hall–Kier alpha value is -2.29. The molecule has 0 aliphatic heterocycles. The van der Waals surface area contributed by atoms with Gasteiger partial charge in [-0.1, -0.05) is 37.3 Å². The second-order valence-electron chi connectivity index (χ2n) is 5.39. The molecule has 1 atom stereocenters. The molecule has 0 saturated heterocycles. The van der Waals surface area contributed by atoms with Crippen LogP contribution in [0.5, 0.6) is 5.75 Å². The van der Waals surface area contributed by atoms with Crippen LogP contribution in [0.1, 0.15) is 32.3 Å². The van der Waals surface area contributed by atoms with E-state index in [1.54, 1.807) is 0 Å². The Labute approximate surface area is 132 Å². The molecule has 0 bridgehead atoms. The van der Waals surface area contributed by atoms with E-state index in [4.69, 9.17) is 4.74 Å². The van der Waals surface area contributed by atoms with Gasteiger partial charge >= 0.3 is 0 Å². The number of anilines is 1. The number of benzene rings is 2. The largest absolute Gasteiger partial charge is 0.491 e. The molecule has 1 N–H and O–H groups in total. The molecule has 2 rings (SSSR count). The minimum Gasteiger partial charge on any atom is -0.491 e. The van der Waals surface area contributed by atoms with Crippen molar-refractivity contribution in [2.45, 2.75) is 39.2 Å². The van der Waals surface area contributed by atoms with Crippen LogP contribution >= 0.6 is 0 Å². The zero-order chi connectivity index (χ0) is 15.8. The van der Waals surface area contributed by atoms with Gasteiger partial charge in [-0.25, -0.2) is 0 Å². The summed E-state index contributed by atoms with van der Waals surface area (Å²) >= 11 is 0. The summed E-state index contributed by atoms with van der Waals surface area (Å²) in [6.07, 6.45) is 2.40. The summed E-state index contributed by atoms with van der Waals surface area (Å²) in [5.74, 6) is 0.857. The standard InChI is InChI=1S/C19H23NO2/c1-3-15(2)22-18-12-10-17(11-13-18)20-19(21)14-9-16-7-5-4-6-8-16/h4-8,10-13,15H,3,9,14H2,1-2H3,(H,20,21). The second kappa shape index (κ2) is 8.23. The smallest absolute Gasteiger partial charge is 0.224 e. The van der Waals surface area contributed by atoms with E-state index in [0.717, 1.165) is 24.3 Å². The van der Waals surface area contributed by atoms with Crippen molar-refractivity contribution in [3.05, 3.63) is 60.2 Å². The van der Waals surface area contributed by atoms with Crippen LogP contribution in [0.25, 0.3) is 0 Å². The van der Waals surface area contributed by atoms with Crippen LogP contribution < -0.4 is 10.1 Å². The van der Waals surface area contributed by atoms with Crippen LogP contribution in [0.15, 0.2) is 54.6 Å². The highest BCUT2D eigenvalue weighted by Crippen LogP contribution is 2.18. The number of ether oxygens (including phenoxy) is 1. The molecule has 0 radical (unpaired) electrons. The normalized spacial score (nSPS) is 11.7. The van der Waals surface area contributed by atoms with Gasteiger partial charge in [-0.05, 0) is 49.6 Å². The third kappa shape index (κ3) is 5.24. The summed E-state index contributed by atoms with van der Waals surface area (Å²) in [6, 6.07) is 17.6. The number of carbonyl (C=O) groups is 1. The quantitative estimate of drug-likeness (QED) is 0.820. The minimum atomic E-state index is 0.0273. The number of carbonyl (C=O) groups excluding carboxylic acids is 1. The average Bonchev–Trinajstić information content (AvgIpc) is 2.55. The molecule has 0 spiro atoms. The minimum absolute atomic E-state index is 0.0273. The van der Waals surface area contributed by atoms with E-state index in [0.29, 0.717) is 6.42 Å². The van der Waals surface area contributed by atoms with Gasteiger partial charge in [0.2, 0.25) is 5.91 Å². The summed E-state index contributed by atoms with van der Waals surface area (Å²) in [7, 11) is 0. The number of amides is 1. The van der Waals surface area contributed by atoms with E-state index in [1.165, 1.54) is 5.56 Å². The lowest BCUT2D eigenvalue weighted by molar-refractivity contribution is -0.116. The van der Waals surface area contributed by atoms with Crippen molar-refractivity contribution in [3.63, 3.8) is 0 Å². The van der Waals surface area contributed by atoms with Gasteiger partial charge in [0.15, 0.2) is 0 Å². The maximum absolute atomic E-state index is 12.0. The number of hydrogen-bond donors (Lipinski definition) is 1. The Morgan fingerprint density at radius 3 is 2.41 bits per heavy atom. The molecule has 0 aromatic heterocycles. The molecule has 0 aliphatic rings. The Balaban J connectivity index is 1.81. The number of hydrogen-bond acceptors (Lipinski definition) is 2. The van der Waals surface area contributed by atoms with Gasteiger partial charge in [-0.3, -0.25) is 4.79 Å². The first-order valence-corrected chi connectivity index (χ1v) is 7.78. The summed E-state index contributed by atoms with van der Waals surface area (Å²) in [5, 5.41) is 2.91. The monoisotopic (exact) mass is 297 g/mol. The Kier molecular flexibility index (Phi) is 6.01. The van der Waals surface area contributed by atoms with E-state index < -0.39 is 0 Å². The highest BCUT2D eigenvalue weighted by atomic mass is 16.5. The predicted molar refractivity (Wildman–Crippen MR) is 90.2 cm³/mol. The summed E-state index contributed by atoms with van der Waals surface area (Å²) in [5.41, 5.74) is 1.98. The first kappa shape index (κ1) is 16.1. The lowest BCUT2D eigenvalue weighted by Crippen LogP contribution is -2.12. The maximum Gasteiger partial charge on any atom is 0.224 e. The molecule has 1 amide bonds. The Morgan fingerprint density at radius 1 is 1.09 bits per heavy atom. The molecule has 0 aliphatic carbocycles. The highest BCUT2D eigenvalue weighted by molar-refractivity contribution is 5.90. The lowest BCUT2D eigenvalue weighted by atomic mass is 10.1.